The lowest BCUT2D eigenvalue weighted by Gasteiger charge is -2.38. The first-order valence-electron chi connectivity index (χ1n) is 14.0. The van der Waals surface area contributed by atoms with Gasteiger partial charge in [0.05, 0.1) is 12.8 Å². The van der Waals surface area contributed by atoms with E-state index in [1.54, 1.807) is 19.2 Å². The minimum atomic E-state index is -3.91. The highest BCUT2D eigenvalue weighted by Gasteiger charge is 2.27. The zero-order chi connectivity index (χ0) is 28.5. The molecule has 1 fully saturated rings. The van der Waals surface area contributed by atoms with Crippen LogP contribution in [0.2, 0.25) is 0 Å². The third-order valence-corrected chi connectivity index (χ3v) is 8.80. The Labute approximate surface area is 238 Å². The maximum Gasteiger partial charge on any atom is 0.243 e. The van der Waals surface area contributed by atoms with Crippen LogP contribution in [-0.2, 0) is 14.8 Å². The number of carbonyl (C=O) groups is 1. The molecule has 8 nitrogen and oxygen atoms in total. The van der Waals surface area contributed by atoms with E-state index in [0.29, 0.717) is 30.9 Å². The monoisotopic (exact) mass is 564 g/mol. The molecule has 214 valence electrons. The van der Waals surface area contributed by atoms with Crippen LogP contribution in [0.3, 0.4) is 0 Å². The highest BCUT2D eigenvalue weighted by atomic mass is 32.2. The summed E-state index contributed by atoms with van der Waals surface area (Å²) in [6, 6.07) is 22.2. The summed E-state index contributed by atoms with van der Waals surface area (Å²) in [5.41, 5.74) is 3.09. The van der Waals surface area contributed by atoms with Crippen LogP contribution in [0.15, 0.2) is 77.7 Å². The van der Waals surface area contributed by atoms with Gasteiger partial charge in [-0.25, -0.2) is 13.1 Å². The standard InChI is InChI=1S/C31H40N4O4S/c1-4-5-7-12-31(36)32-26-13-18-29(30(23-26)40(37,38)33-24(2)25-10-8-6-9-11-25)35-21-19-34(20-22-35)27-14-16-28(39-3)17-15-27/h6,8-11,13-18,23-24,33H,4-5,7,12,19-22H2,1-3H3,(H,32,36)/t24-/m1/s1. The molecule has 40 heavy (non-hydrogen) atoms. The fraction of sp³-hybridized carbons (Fsp3) is 0.387. The smallest absolute Gasteiger partial charge is 0.243 e. The Bertz CT molecular complexity index is 1360. The second-order valence-electron chi connectivity index (χ2n) is 10.1. The van der Waals surface area contributed by atoms with Gasteiger partial charge in [-0.2, -0.15) is 0 Å². The number of piperazine rings is 1. The maximum atomic E-state index is 13.8. The van der Waals surface area contributed by atoms with E-state index in [2.05, 4.69) is 26.8 Å². The molecule has 0 bridgehead atoms. The molecule has 0 aliphatic carbocycles. The van der Waals surface area contributed by atoms with Gasteiger partial charge in [-0.15, -0.1) is 0 Å². The molecule has 1 atom stereocenters. The zero-order valence-corrected chi connectivity index (χ0v) is 24.4. The summed E-state index contributed by atoms with van der Waals surface area (Å²) < 4.78 is 35.7. The maximum absolute atomic E-state index is 13.8. The minimum Gasteiger partial charge on any atom is -0.497 e. The summed E-state index contributed by atoms with van der Waals surface area (Å²) >= 11 is 0. The molecule has 0 aromatic heterocycles. The summed E-state index contributed by atoms with van der Waals surface area (Å²) in [5, 5.41) is 2.90. The van der Waals surface area contributed by atoms with E-state index < -0.39 is 16.1 Å². The van der Waals surface area contributed by atoms with E-state index in [0.717, 1.165) is 49.4 Å². The number of carbonyl (C=O) groups excluding carboxylic acids is 1. The molecule has 1 aliphatic rings. The van der Waals surface area contributed by atoms with Crippen LogP contribution in [-0.4, -0.2) is 47.6 Å². The Balaban J connectivity index is 1.56. The van der Waals surface area contributed by atoms with Crippen molar-refractivity contribution in [3.05, 3.63) is 78.4 Å². The van der Waals surface area contributed by atoms with Crippen molar-refractivity contribution in [2.75, 3.05) is 48.4 Å². The molecule has 1 aliphatic heterocycles. The number of nitrogens with one attached hydrogen (secondary N) is 2. The predicted molar refractivity (Wildman–Crippen MR) is 162 cm³/mol. The lowest BCUT2D eigenvalue weighted by Crippen LogP contribution is -2.47. The number of sulfonamides is 1. The van der Waals surface area contributed by atoms with Gasteiger partial charge in [-0.3, -0.25) is 4.79 Å². The Kier molecular flexibility index (Phi) is 10.1. The van der Waals surface area contributed by atoms with Crippen molar-refractivity contribution in [3.63, 3.8) is 0 Å². The van der Waals surface area contributed by atoms with Gasteiger partial charge < -0.3 is 19.9 Å². The molecule has 9 heteroatoms. The van der Waals surface area contributed by atoms with Gasteiger partial charge in [0, 0.05) is 50.0 Å². The first kappa shape index (κ1) is 29.4. The molecule has 1 saturated heterocycles. The van der Waals surface area contributed by atoms with Crippen LogP contribution in [0, 0.1) is 0 Å². The predicted octanol–water partition coefficient (Wildman–Crippen LogP) is 5.58. The van der Waals surface area contributed by atoms with Gasteiger partial charge in [0.25, 0.3) is 0 Å². The molecule has 0 unspecified atom stereocenters. The molecule has 1 amide bonds. The number of amides is 1. The third kappa shape index (κ3) is 7.55. The van der Waals surface area contributed by atoms with Gasteiger partial charge in [0.2, 0.25) is 15.9 Å². The SMILES string of the molecule is CCCCCC(=O)Nc1ccc(N2CCN(c3ccc(OC)cc3)CC2)c(S(=O)(=O)N[C@H](C)c2ccccc2)c1. The van der Waals surface area contributed by atoms with E-state index in [4.69, 9.17) is 4.74 Å². The van der Waals surface area contributed by atoms with E-state index in [9.17, 15) is 13.2 Å². The molecular weight excluding hydrogens is 524 g/mol. The van der Waals surface area contributed by atoms with E-state index >= 15 is 0 Å². The first-order valence-corrected chi connectivity index (χ1v) is 15.4. The Morgan fingerprint density at radius 1 is 0.925 bits per heavy atom. The first-order chi connectivity index (χ1) is 19.3. The molecule has 2 N–H and O–H groups in total. The quantitative estimate of drug-likeness (QED) is 0.279. The Morgan fingerprint density at radius 3 is 2.25 bits per heavy atom. The van der Waals surface area contributed by atoms with E-state index in [1.807, 2.05) is 67.6 Å². The number of rotatable bonds is 12. The van der Waals surface area contributed by atoms with Gasteiger partial charge >= 0.3 is 0 Å². The van der Waals surface area contributed by atoms with Crippen LogP contribution >= 0.6 is 0 Å². The van der Waals surface area contributed by atoms with E-state index in [-0.39, 0.29) is 10.8 Å². The minimum absolute atomic E-state index is 0.108. The molecule has 4 rings (SSSR count). The molecule has 3 aromatic rings. The van der Waals surface area contributed by atoms with Crippen LogP contribution in [0.4, 0.5) is 17.1 Å². The Hall–Kier alpha value is -3.56. The molecular formula is C31H40N4O4S. The van der Waals surface area contributed by atoms with Crippen LogP contribution in [0.25, 0.3) is 0 Å². The molecule has 0 spiro atoms. The van der Waals surface area contributed by atoms with Crippen LogP contribution in [0.1, 0.15) is 51.1 Å². The number of benzene rings is 3. The Morgan fingerprint density at radius 2 is 1.60 bits per heavy atom. The fourth-order valence-electron chi connectivity index (χ4n) is 4.93. The lowest BCUT2D eigenvalue weighted by molar-refractivity contribution is -0.116. The average molecular weight is 565 g/mol. The summed E-state index contributed by atoms with van der Waals surface area (Å²) in [5.74, 6) is 0.704. The molecule has 1 heterocycles. The van der Waals surface area contributed by atoms with Gasteiger partial charge in [-0.05, 0) is 61.4 Å². The highest BCUT2D eigenvalue weighted by Crippen LogP contribution is 2.32. The van der Waals surface area contributed by atoms with Crippen molar-refractivity contribution in [1.82, 2.24) is 4.72 Å². The number of methoxy groups -OCH3 is 1. The number of nitrogens with zero attached hydrogens (tertiary/aromatic N) is 2. The normalized spacial score (nSPS) is 14.6. The second kappa shape index (κ2) is 13.7. The van der Waals surface area contributed by atoms with Gasteiger partial charge in [-0.1, -0.05) is 50.1 Å². The summed E-state index contributed by atoms with van der Waals surface area (Å²) in [6.07, 6.45) is 3.23. The van der Waals surface area contributed by atoms with Crippen molar-refractivity contribution >= 4 is 33.0 Å². The van der Waals surface area contributed by atoms with Gasteiger partial charge in [0.15, 0.2) is 0 Å². The average Bonchev–Trinajstić information content (AvgIpc) is 2.98. The van der Waals surface area contributed by atoms with Crippen molar-refractivity contribution < 1.29 is 17.9 Å². The van der Waals surface area contributed by atoms with Crippen molar-refractivity contribution in [2.45, 2.75) is 50.5 Å². The fourth-order valence-corrected chi connectivity index (χ4v) is 6.42. The number of hydrogen-bond donors (Lipinski definition) is 2. The van der Waals surface area contributed by atoms with Crippen LogP contribution < -0.4 is 24.6 Å². The lowest BCUT2D eigenvalue weighted by atomic mass is 10.1. The number of anilines is 3. The van der Waals surface area contributed by atoms with Crippen molar-refractivity contribution in [3.8, 4) is 5.75 Å². The number of ether oxygens (including phenoxy) is 1. The number of unbranched alkanes of at least 4 members (excludes halogenated alkanes) is 2. The highest BCUT2D eigenvalue weighted by molar-refractivity contribution is 7.89. The summed E-state index contributed by atoms with van der Waals surface area (Å²) in [6.45, 7) is 6.73. The topological polar surface area (TPSA) is 91.0 Å². The third-order valence-electron chi connectivity index (χ3n) is 7.23. The molecule has 3 aromatic carbocycles. The van der Waals surface area contributed by atoms with Crippen LogP contribution in [0.5, 0.6) is 5.75 Å². The van der Waals surface area contributed by atoms with E-state index in [1.165, 1.54) is 0 Å². The van der Waals surface area contributed by atoms with Gasteiger partial charge in [0.1, 0.15) is 10.6 Å². The molecule has 0 saturated carbocycles. The summed E-state index contributed by atoms with van der Waals surface area (Å²) in [4.78, 5) is 17.1. The number of hydrogen-bond acceptors (Lipinski definition) is 6. The zero-order valence-electron chi connectivity index (χ0n) is 23.6. The van der Waals surface area contributed by atoms with Crippen molar-refractivity contribution in [2.24, 2.45) is 0 Å². The second-order valence-corrected chi connectivity index (χ2v) is 11.8. The largest absolute Gasteiger partial charge is 0.497 e. The van der Waals surface area contributed by atoms with Crippen molar-refractivity contribution in [1.29, 1.82) is 0 Å². The molecule has 0 radical (unpaired) electrons. The summed E-state index contributed by atoms with van der Waals surface area (Å²) in [7, 11) is -2.26.